The topological polar surface area (TPSA) is 0 Å². The summed E-state index contributed by atoms with van der Waals surface area (Å²) in [7, 11) is 0. The van der Waals surface area contributed by atoms with Gasteiger partial charge in [0.2, 0.25) is 0 Å². The van der Waals surface area contributed by atoms with Gasteiger partial charge in [0.15, 0.2) is 0 Å². The maximum absolute atomic E-state index is 2.21. The Morgan fingerprint density at radius 3 is 1.11 bits per heavy atom. The summed E-state index contributed by atoms with van der Waals surface area (Å²) in [6, 6.07) is 12.0. The van der Waals surface area contributed by atoms with Crippen LogP contribution < -0.4 is 0 Å². The molecule has 0 unspecified atom stereocenters. The average molecular weight is 146 g/mol. The Morgan fingerprint density at radius 2 is 1.00 bits per heavy atom. The van der Waals surface area contributed by atoms with Crippen molar-refractivity contribution in [2.75, 3.05) is 0 Å². The van der Waals surface area contributed by atoms with Crippen molar-refractivity contribution in [2.45, 2.75) is 7.44 Å². The van der Waals surface area contributed by atoms with E-state index >= 15 is 0 Å². The maximum atomic E-state index is 2.21. The molecule has 0 aromatic heterocycles. The van der Waals surface area contributed by atoms with E-state index in [0.29, 0.717) is 0 Å². The molecule has 0 N–H and O–H groups in total. The zero-order valence-corrected chi connectivity index (χ0v) is 9.29. The van der Waals surface area contributed by atoms with Crippen LogP contribution >= 0.6 is 0 Å². The fourth-order valence-electron chi connectivity index (χ4n) is 0.385. The van der Waals surface area contributed by atoms with E-state index in [1.807, 2.05) is 36.4 Å². The summed E-state index contributed by atoms with van der Waals surface area (Å²) in [5, 5.41) is 0. The first-order chi connectivity index (χ1) is 4.41. The smallest absolute Gasteiger partial charge is 0.0623 e. The molecule has 1 rings (SSSR count). The number of benzene rings is 1. The second kappa shape index (κ2) is 8.86. The molecule has 1 heteroatoms. The number of hydrogen-bond donors (Lipinski definition) is 0. The maximum Gasteiger partial charge on any atom is -0.0623 e. The molecule has 0 nitrogen and oxygen atoms in total. The fourth-order valence-corrected chi connectivity index (χ4v) is 0.385. The summed E-state index contributed by atoms with van der Waals surface area (Å²) in [6.45, 7) is 2.21. The van der Waals surface area contributed by atoms with Crippen molar-refractivity contribution >= 4 is 49.0 Å². The minimum Gasteiger partial charge on any atom is -0.0623 e. The molecular formula is C8H11K. The van der Waals surface area contributed by atoms with Gasteiger partial charge in [-0.15, -0.1) is 0 Å². The van der Waals surface area contributed by atoms with Gasteiger partial charge < -0.3 is 0 Å². The van der Waals surface area contributed by atoms with Crippen LogP contribution in [0.5, 0.6) is 0 Å². The third kappa shape index (κ3) is 8.86. The van der Waals surface area contributed by atoms with Gasteiger partial charge in [-0.3, -0.25) is 0 Å². The Bertz CT molecular complexity index is 87.4. The predicted molar refractivity (Wildman–Crippen MR) is 42.7 cm³/mol. The van der Waals surface area contributed by atoms with Crippen molar-refractivity contribution < 1.29 is 0 Å². The van der Waals surface area contributed by atoms with E-state index in [0.717, 1.165) is 49.0 Å². The van der Waals surface area contributed by atoms with Gasteiger partial charge in [-0.2, -0.15) is 0 Å². The first kappa shape index (κ1) is 9.86. The van der Waals surface area contributed by atoms with Crippen molar-refractivity contribution in [2.24, 2.45) is 0 Å². The molecule has 0 aliphatic heterocycles. The minimum atomic E-state index is 1.10. The van der Waals surface area contributed by atoms with E-state index in [-0.39, 0.29) is 0 Å². The standard InChI is InChI=1S/C6H6.C2H5.K/c1-2-4-6-5-3-1;1-2;/h1-6H;1H2,2H3;. The Morgan fingerprint density at radius 1 is 0.889 bits per heavy atom. The zero-order chi connectivity index (χ0) is 6.95. The molecule has 1 aromatic rings. The van der Waals surface area contributed by atoms with Crippen LogP contribution in [0.3, 0.4) is 0 Å². The van der Waals surface area contributed by atoms with Gasteiger partial charge in [-0.25, -0.2) is 0 Å². The van der Waals surface area contributed by atoms with Gasteiger partial charge in [-0.05, 0) is 0 Å². The van der Waals surface area contributed by atoms with Crippen molar-refractivity contribution in [3.63, 3.8) is 0 Å². The fraction of sp³-hybridized carbons (Fsp3) is 0.250. The normalized spacial score (nSPS) is 7.44. The van der Waals surface area contributed by atoms with E-state index in [4.69, 9.17) is 0 Å². The van der Waals surface area contributed by atoms with Crippen LogP contribution in [0.1, 0.15) is 6.92 Å². The van der Waals surface area contributed by atoms with Crippen molar-refractivity contribution in [3.05, 3.63) is 36.4 Å². The molecule has 0 fully saturated rings. The Balaban J connectivity index is 0.000000187. The molecule has 9 heavy (non-hydrogen) atoms. The number of rotatable bonds is 0. The number of hydrogen-bond acceptors (Lipinski definition) is 0. The molecule has 44 valence electrons. The third-order valence-electron chi connectivity index (χ3n) is 0.667. The van der Waals surface area contributed by atoms with Crippen LogP contribution in [-0.4, -0.2) is 49.0 Å². The summed E-state index contributed by atoms with van der Waals surface area (Å²) >= 11 is 1.10. The first-order valence-corrected chi connectivity index (χ1v) is 5.62. The van der Waals surface area contributed by atoms with Gasteiger partial charge in [-0.1, -0.05) is 36.4 Å². The second-order valence-corrected chi connectivity index (χ2v) is 4.07. The Kier molecular flexibility index (Phi) is 9.70. The molecule has 0 bridgehead atoms. The van der Waals surface area contributed by atoms with Crippen molar-refractivity contribution in [1.82, 2.24) is 0 Å². The predicted octanol–water partition coefficient (Wildman–Crippen LogP) is 2.28. The summed E-state index contributed by atoms with van der Waals surface area (Å²) in [6.07, 6.45) is 0. The van der Waals surface area contributed by atoms with E-state index < -0.39 is 0 Å². The van der Waals surface area contributed by atoms with Gasteiger partial charge in [0, 0.05) is 0 Å². The summed E-state index contributed by atoms with van der Waals surface area (Å²) in [5.74, 6) is 0. The average Bonchev–Trinajstić information content (AvgIpc) is 1.93. The largest absolute Gasteiger partial charge is 0.0623 e. The SMILES string of the molecule is C[CH2][K].c1ccccc1. The Hall–Kier alpha value is 0.856. The van der Waals surface area contributed by atoms with Crippen LogP contribution in [-0.2, 0) is 0 Å². The van der Waals surface area contributed by atoms with Crippen LogP contribution in [0.2, 0.25) is 0.515 Å². The Labute approximate surface area is 91.3 Å². The quantitative estimate of drug-likeness (QED) is 0.493. The zero-order valence-electron chi connectivity index (χ0n) is 6.17. The monoisotopic (exact) mass is 146 g/mol. The van der Waals surface area contributed by atoms with Crippen molar-refractivity contribution in [3.8, 4) is 0 Å². The van der Waals surface area contributed by atoms with E-state index in [2.05, 4.69) is 6.92 Å². The van der Waals surface area contributed by atoms with Gasteiger partial charge in [0.1, 0.15) is 0 Å². The van der Waals surface area contributed by atoms with Gasteiger partial charge in [0.05, 0.1) is 0 Å². The first-order valence-electron chi connectivity index (χ1n) is 3.41. The van der Waals surface area contributed by atoms with Crippen LogP contribution in [0.4, 0.5) is 0 Å². The van der Waals surface area contributed by atoms with Crippen LogP contribution in [0, 0.1) is 0 Å². The molecule has 0 saturated heterocycles. The molecule has 0 aliphatic rings. The van der Waals surface area contributed by atoms with Crippen molar-refractivity contribution in [1.29, 1.82) is 0 Å². The van der Waals surface area contributed by atoms with Gasteiger partial charge in [0.25, 0.3) is 0 Å². The van der Waals surface area contributed by atoms with Crippen LogP contribution in [0.25, 0.3) is 0 Å². The molecule has 0 atom stereocenters. The van der Waals surface area contributed by atoms with E-state index in [9.17, 15) is 0 Å². The molecule has 0 spiro atoms. The second-order valence-electron chi connectivity index (χ2n) is 1.86. The molecule has 0 aliphatic carbocycles. The molecular weight excluding hydrogens is 135 g/mol. The van der Waals surface area contributed by atoms with Gasteiger partial charge >= 0.3 is 56.4 Å². The van der Waals surface area contributed by atoms with E-state index in [1.165, 1.54) is 0.515 Å². The van der Waals surface area contributed by atoms with E-state index in [1.54, 1.807) is 0 Å². The molecule has 1 aromatic carbocycles. The minimum absolute atomic E-state index is 1.10. The third-order valence-corrected chi connectivity index (χ3v) is 0.667. The summed E-state index contributed by atoms with van der Waals surface area (Å²) in [4.78, 5) is 0. The molecule has 0 heterocycles. The molecule has 0 radical (unpaired) electrons. The molecule has 0 saturated carbocycles. The summed E-state index contributed by atoms with van der Waals surface area (Å²) < 4.78 is 1.44. The summed E-state index contributed by atoms with van der Waals surface area (Å²) in [5.41, 5.74) is 0. The van der Waals surface area contributed by atoms with Crippen LogP contribution in [0.15, 0.2) is 36.4 Å². The molecule has 0 amide bonds.